The number of nitrogens with zero attached hydrogens (tertiary/aromatic N) is 2. The monoisotopic (exact) mass is 468 g/mol. The highest BCUT2D eigenvalue weighted by Gasteiger charge is 2.35. The summed E-state index contributed by atoms with van der Waals surface area (Å²) in [5.74, 6) is -0.172. The first-order valence-electron chi connectivity index (χ1n) is 9.99. The normalized spacial score (nSPS) is 15.9. The number of sulfonamides is 1. The van der Waals surface area contributed by atoms with Crippen LogP contribution in [0.15, 0.2) is 41.3 Å². The fourth-order valence-electron chi connectivity index (χ4n) is 3.93. The van der Waals surface area contributed by atoms with E-state index in [9.17, 15) is 13.2 Å². The SMILES string of the molecule is CCN(C(=O)C1CCN(S(=O)(=O)c2cc(Cl)ccc2Cl)CC1)c1ccc(C)cc1C. The first-order chi connectivity index (χ1) is 14.1. The van der Waals surface area contributed by atoms with E-state index in [0.29, 0.717) is 24.4 Å². The van der Waals surface area contributed by atoms with Crippen molar-refractivity contribution in [2.45, 2.75) is 38.5 Å². The molecule has 1 saturated heterocycles. The average Bonchev–Trinajstić information content (AvgIpc) is 2.71. The van der Waals surface area contributed by atoms with Crippen LogP contribution in [0.1, 0.15) is 30.9 Å². The molecule has 1 fully saturated rings. The highest BCUT2D eigenvalue weighted by molar-refractivity contribution is 7.89. The Balaban J connectivity index is 1.74. The molecule has 1 heterocycles. The van der Waals surface area contributed by atoms with Crippen LogP contribution in [0.4, 0.5) is 5.69 Å². The van der Waals surface area contributed by atoms with Gasteiger partial charge in [0.25, 0.3) is 0 Å². The first-order valence-corrected chi connectivity index (χ1v) is 12.2. The van der Waals surface area contributed by atoms with Crippen molar-refractivity contribution in [1.29, 1.82) is 0 Å². The fourth-order valence-corrected chi connectivity index (χ4v) is 6.14. The van der Waals surface area contributed by atoms with Gasteiger partial charge in [-0.25, -0.2) is 8.42 Å². The first kappa shape index (κ1) is 23.1. The summed E-state index contributed by atoms with van der Waals surface area (Å²) in [7, 11) is -3.76. The second kappa shape index (κ2) is 9.27. The van der Waals surface area contributed by atoms with Crippen LogP contribution in [0.5, 0.6) is 0 Å². The van der Waals surface area contributed by atoms with Gasteiger partial charge in [0.05, 0.1) is 5.02 Å². The van der Waals surface area contributed by atoms with Gasteiger partial charge in [-0.3, -0.25) is 4.79 Å². The van der Waals surface area contributed by atoms with Crippen LogP contribution in [0.25, 0.3) is 0 Å². The van der Waals surface area contributed by atoms with Gasteiger partial charge in [-0.2, -0.15) is 4.31 Å². The van der Waals surface area contributed by atoms with E-state index in [0.717, 1.165) is 16.8 Å². The zero-order valence-electron chi connectivity index (χ0n) is 17.4. The number of rotatable bonds is 5. The van der Waals surface area contributed by atoms with Gasteiger partial charge in [0.2, 0.25) is 15.9 Å². The van der Waals surface area contributed by atoms with Gasteiger partial charge in [0.1, 0.15) is 4.90 Å². The molecule has 2 aromatic carbocycles. The van der Waals surface area contributed by atoms with Crippen LogP contribution in [0, 0.1) is 19.8 Å². The molecule has 0 N–H and O–H groups in total. The summed E-state index contributed by atoms with van der Waals surface area (Å²) in [4.78, 5) is 15.0. The van der Waals surface area contributed by atoms with Gasteiger partial charge in [-0.15, -0.1) is 0 Å². The van der Waals surface area contributed by atoms with E-state index in [1.165, 1.54) is 16.4 Å². The summed E-state index contributed by atoms with van der Waals surface area (Å²) in [6.45, 7) is 7.09. The number of hydrogen-bond donors (Lipinski definition) is 0. The molecule has 5 nitrogen and oxygen atoms in total. The zero-order valence-corrected chi connectivity index (χ0v) is 19.7. The highest BCUT2D eigenvalue weighted by atomic mass is 35.5. The number of hydrogen-bond acceptors (Lipinski definition) is 3. The third kappa shape index (κ3) is 4.67. The van der Waals surface area contributed by atoms with Gasteiger partial charge in [-0.05, 0) is 63.4 Å². The Kier molecular flexibility index (Phi) is 7.13. The van der Waals surface area contributed by atoms with Crippen molar-refractivity contribution in [3.8, 4) is 0 Å². The number of aryl methyl sites for hydroxylation is 2. The lowest BCUT2D eigenvalue weighted by Gasteiger charge is -2.34. The second-order valence-electron chi connectivity index (χ2n) is 7.63. The molecule has 30 heavy (non-hydrogen) atoms. The van der Waals surface area contributed by atoms with E-state index in [-0.39, 0.29) is 34.8 Å². The largest absolute Gasteiger partial charge is 0.312 e. The molecular formula is C22H26Cl2N2O3S. The molecular weight excluding hydrogens is 443 g/mol. The van der Waals surface area contributed by atoms with Gasteiger partial charge in [0.15, 0.2) is 0 Å². The summed E-state index contributed by atoms with van der Waals surface area (Å²) in [5, 5.41) is 0.458. The van der Waals surface area contributed by atoms with Crippen LogP contribution < -0.4 is 4.90 Å². The molecule has 0 saturated carbocycles. The quantitative estimate of drug-likeness (QED) is 0.615. The van der Waals surface area contributed by atoms with Crippen molar-refractivity contribution in [3.63, 3.8) is 0 Å². The van der Waals surface area contributed by atoms with E-state index in [1.54, 1.807) is 11.0 Å². The standard InChI is InChI=1S/C22H26Cl2N2O3S/c1-4-26(20-8-5-15(2)13-16(20)3)22(27)17-9-11-25(12-10-17)30(28,29)21-14-18(23)6-7-19(21)24/h5-8,13-14,17H,4,9-12H2,1-3H3. The Labute approximate surface area is 188 Å². The van der Waals surface area contributed by atoms with Crippen LogP contribution >= 0.6 is 23.2 Å². The molecule has 1 aliphatic heterocycles. The molecule has 8 heteroatoms. The topological polar surface area (TPSA) is 57.7 Å². The van der Waals surface area contributed by atoms with Gasteiger partial charge in [-0.1, -0.05) is 40.9 Å². The Morgan fingerprint density at radius 1 is 1.10 bits per heavy atom. The Bertz CT molecular complexity index is 1050. The molecule has 0 radical (unpaired) electrons. The molecule has 0 spiro atoms. The summed E-state index contributed by atoms with van der Waals surface area (Å²) in [6, 6.07) is 10.5. The number of halogens is 2. The van der Waals surface area contributed by atoms with Crippen molar-refractivity contribution in [1.82, 2.24) is 4.31 Å². The van der Waals surface area contributed by atoms with Crippen LogP contribution in [-0.2, 0) is 14.8 Å². The molecule has 0 atom stereocenters. The molecule has 3 rings (SSSR count). The molecule has 0 aromatic heterocycles. The maximum atomic E-state index is 13.2. The van der Waals surface area contributed by atoms with Gasteiger partial charge < -0.3 is 4.90 Å². The molecule has 162 valence electrons. The minimum atomic E-state index is -3.76. The third-order valence-corrected chi connectivity index (χ3v) is 8.15. The van der Waals surface area contributed by atoms with E-state index in [2.05, 4.69) is 6.07 Å². The van der Waals surface area contributed by atoms with Crippen molar-refractivity contribution in [2.24, 2.45) is 5.92 Å². The van der Waals surface area contributed by atoms with E-state index >= 15 is 0 Å². The van der Waals surface area contributed by atoms with E-state index < -0.39 is 10.0 Å². The van der Waals surface area contributed by atoms with Crippen molar-refractivity contribution >= 4 is 44.8 Å². The van der Waals surface area contributed by atoms with Gasteiger partial charge >= 0.3 is 0 Å². The maximum absolute atomic E-state index is 13.2. The van der Waals surface area contributed by atoms with Gasteiger partial charge in [0, 0.05) is 36.3 Å². The lowest BCUT2D eigenvalue weighted by molar-refractivity contribution is -0.123. The number of amides is 1. The smallest absolute Gasteiger partial charge is 0.244 e. The minimum absolute atomic E-state index is 0.00640. The maximum Gasteiger partial charge on any atom is 0.244 e. The molecule has 1 amide bonds. The average molecular weight is 469 g/mol. The molecule has 0 unspecified atom stereocenters. The second-order valence-corrected chi connectivity index (χ2v) is 10.4. The molecule has 1 aliphatic rings. The fraction of sp³-hybridized carbons (Fsp3) is 0.409. The van der Waals surface area contributed by atoms with Crippen molar-refractivity contribution < 1.29 is 13.2 Å². The van der Waals surface area contributed by atoms with Crippen molar-refractivity contribution in [3.05, 3.63) is 57.6 Å². The summed E-state index contributed by atoms with van der Waals surface area (Å²) >= 11 is 12.1. The summed E-state index contributed by atoms with van der Waals surface area (Å²) < 4.78 is 27.4. The number of carbonyl (C=O) groups is 1. The predicted molar refractivity (Wildman–Crippen MR) is 122 cm³/mol. The van der Waals surface area contributed by atoms with E-state index in [4.69, 9.17) is 23.2 Å². The lowest BCUT2D eigenvalue weighted by atomic mass is 9.96. The number of piperidine rings is 1. The Hall–Kier alpha value is -1.60. The lowest BCUT2D eigenvalue weighted by Crippen LogP contribution is -2.44. The minimum Gasteiger partial charge on any atom is -0.312 e. The van der Waals surface area contributed by atoms with Crippen molar-refractivity contribution in [2.75, 3.05) is 24.5 Å². The third-order valence-electron chi connectivity index (χ3n) is 5.54. The number of anilines is 1. The predicted octanol–water partition coefficient (Wildman–Crippen LogP) is 5.06. The molecule has 2 aromatic rings. The Morgan fingerprint density at radius 3 is 2.37 bits per heavy atom. The van der Waals surface area contributed by atoms with E-state index in [1.807, 2.05) is 32.9 Å². The summed E-state index contributed by atoms with van der Waals surface area (Å²) in [5.41, 5.74) is 3.12. The molecule has 0 aliphatic carbocycles. The van der Waals surface area contributed by atoms with Crippen LogP contribution in [0.3, 0.4) is 0 Å². The number of benzene rings is 2. The van der Waals surface area contributed by atoms with Crippen LogP contribution in [-0.4, -0.2) is 38.3 Å². The summed E-state index contributed by atoms with van der Waals surface area (Å²) in [6.07, 6.45) is 0.940. The number of carbonyl (C=O) groups excluding carboxylic acids is 1. The highest BCUT2D eigenvalue weighted by Crippen LogP contribution is 2.32. The Morgan fingerprint density at radius 2 is 1.77 bits per heavy atom. The van der Waals surface area contributed by atoms with Crippen LogP contribution in [0.2, 0.25) is 10.0 Å². The zero-order chi connectivity index (χ0) is 22.1. The molecule has 0 bridgehead atoms.